The van der Waals surface area contributed by atoms with Gasteiger partial charge in [-0.3, -0.25) is 9.69 Å². The Hall–Kier alpha value is -0.610. The van der Waals surface area contributed by atoms with Gasteiger partial charge in [-0.15, -0.1) is 0 Å². The van der Waals surface area contributed by atoms with Crippen LogP contribution >= 0.6 is 0 Å². The predicted octanol–water partition coefficient (Wildman–Crippen LogP) is 0.973. The van der Waals surface area contributed by atoms with Gasteiger partial charge in [-0.25, -0.2) is 0 Å². The van der Waals surface area contributed by atoms with Crippen LogP contribution in [0.15, 0.2) is 0 Å². The predicted molar refractivity (Wildman–Crippen MR) is 71.0 cm³/mol. The van der Waals surface area contributed by atoms with E-state index in [9.17, 15) is 4.79 Å². The van der Waals surface area contributed by atoms with Crippen LogP contribution in [0.1, 0.15) is 41.0 Å². The second kappa shape index (κ2) is 4.94. The molecule has 1 rings (SSSR count). The van der Waals surface area contributed by atoms with Crippen molar-refractivity contribution in [2.24, 2.45) is 0 Å². The molecular weight excluding hydrogens is 214 g/mol. The highest BCUT2D eigenvalue weighted by atomic mass is 16.2. The van der Waals surface area contributed by atoms with Gasteiger partial charge in [0, 0.05) is 17.6 Å². The van der Waals surface area contributed by atoms with Crippen LogP contribution in [0.25, 0.3) is 0 Å². The Kier molecular flexibility index (Phi) is 4.20. The van der Waals surface area contributed by atoms with Crippen LogP contribution in [-0.2, 0) is 4.79 Å². The third-order valence-corrected chi connectivity index (χ3v) is 3.24. The summed E-state index contributed by atoms with van der Waals surface area (Å²) in [4.78, 5) is 14.5. The standard InChI is InChI=1S/C13H27N3O/c1-12(2,3)16-9-13(4,5)15-11(17)10(16)7-8-14-6/h10,14H,7-9H2,1-6H3,(H,15,17). The normalized spacial score (nSPS) is 25.8. The molecule has 0 aliphatic carbocycles. The third-order valence-electron chi connectivity index (χ3n) is 3.24. The molecule has 1 atom stereocenters. The van der Waals surface area contributed by atoms with E-state index in [0.717, 1.165) is 19.5 Å². The molecule has 1 fully saturated rings. The van der Waals surface area contributed by atoms with Crippen molar-refractivity contribution in [3.8, 4) is 0 Å². The van der Waals surface area contributed by atoms with Gasteiger partial charge in [0.1, 0.15) is 0 Å². The fourth-order valence-electron chi connectivity index (χ4n) is 2.41. The maximum Gasteiger partial charge on any atom is 0.237 e. The second-order valence-corrected chi connectivity index (χ2v) is 6.58. The summed E-state index contributed by atoms with van der Waals surface area (Å²) in [5.74, 6) is 0.159. The molecule has 1 amide bonds. The molecule has 4 heteroatoms. The second-order valence-electron chi connectivity index (χ2n) is 6.58. The van der Waals surface area contributed by atoms with Gasteiger partial charge in [-0.1, -0.05) is 0 Å². The fourth-order valence-corrected chi connectivity index (χ4v) is 2.41. The molecule has 1 unspecified atom stereocenters. The number of nitrogens with zero attached hydrogens (tertiary/aromatic N) is 1. The molecule has 0 aromatic carbocycles. The van der Waals surface area contributed by atoms with Gasteiger partial charge in [0.05, 0.1) is 6.04 Å². The van der Waals surface area contributed by atoms with E-state index in [2.05, 4.69) is 50.2 Å². The number of hydrogen-bond acceptors (Lipinski definition) is 3. The molecule has 0 aromatic rings. The van der Waals surface area contributed by atoms with Crippen LogP contribution in [0.4, 0.5) is 0 Å². The molecule has 0 radical (unpaired) electrons. The van der Waals surface area contributed by atoms with E-state index in [1.165, 1.54) is 0 Å². The van der Waals surface area contributed by atoms with Crippen LogP contribution in [0.5, 0.6) is 0 Å². The van der Waals surface area contributed by atoms with Crippen molar-refractivity contribution in [1.29, 1.82) is 0 Å². The molecule has 1 aliphatic heterocycles. The van der Waals surface area contributed by atoms with Gasteiger partial charge in [-0.2, -0.15) is 0 Å². The van der Waals surface area contributed by atoms with Gasteiger partial charge >= 0.3 is 0 Å². The third kappa shape index (κ3) is 3.68. The molecular formula is C13H27N3O. The zero-order valence-corrected chi connectivity index (χ0v) is 12.1. The topological polar surface area (TPSA) is 44.4 Å². The van der Waals surface area contributed by atoms with Crippen molar-refractivity contribution in [3.63, 3.8) is 0 Å². The molecule has 1 aliphatic rings. The zero-order chi connectivity index (χ0) is 13.3. The highest BCUT2D eigenvalue weighted by Gasteiger charge is 2.42. The molecule has 1 saturated heterocycles. The molecule has 100 valence electrons. The van der Waals surface area contributed by atoms with Crippen LogP contribution in [-0.4, -0.2) is 48.1 Å². The number of amides is 1. The number of rotatable bonds is 3. The number of carbonyl (C=O) groups is 1. The Labute approximate surface area is 105 Å². The minimum Gasteiger partial charge on any atom is -0.349 e. The Morgan fingerprint density at radius 2 is 2.06 bits per heavy atom. The van der Waals surface area contributed by atoms with Crippen LogP contribution in [0.2, 0.25) is 0 Å². The first kappa shape index (κ1) is 14.5. The van der Waals surface area contributed by atoms with Crippen molar-refractivity contribution >= 4 is 5.91 Å². The van der Waals surface area contributed by atoms with E-state index in [1.54, 1.807) is 0 Å². The van der Waals surface area contributed by atoms with E-state index in [0.29, 0.717) is 0 Å². The first-order chi connectivity index (χ1) is 7.67. The quantitative estimate of drug-likeness (QED) is 0.774. The first-order valence-electron chi connectivity index (χ1n) is 6.41. The molecule has 0 saturated carbocycles. The van der Waals surface area contributed by atoms with Gasteiger partial charge in [0.2, 0.25) is 5.91 Å². The Morgan fingerprint density at radius 1 is 1.47 bits per heavy atom. The van der Waals surface area contributed by atoms with Crippen molar-refractivity contribution in [2.45, 2.75) is 58.2 Å². The zero-order valence-electron chi connectivity index (χ0n) is 12.1. The maximum absolute atomic E-state index is 12.2. The van der Waals surface area contributed by atoms with E-state index in [1.807, 2.05) is 7.05 Å². The van der Waals surface area contributed by atoms with Gasteiger partial charge in [0.25, 0.3) is 0 Å². The minimum absolute atomic E-state index is 0.0181. The average Bonchev–Trinajstić information content (AvgIpc) is 2.12. The fraction of sp³-hybridized carbons (Fsp3) is 0.923. The molecule has 0 spiro atoms. The number of nitrogens with one attached hydrogen (secondary N) is 2. The lowest BCUT2D eigenvalue weighted by molar-refractivity contribution is -0.137. The average molecular weight is 241 g/mol. The summed E-state index contributed by atoms with van der Waals surface area (Å²) < 4.78 is 0. The minimum atomic E-state index is -0.138. The number of hydrogen-bond donors (Lipinski definition) is 2. The summed E-state index contributed by atoms with van der Waals surface area (Å²) in [7, 11) is 1.92. The molecule has 1 heterocycles. The molecule has 17 heavy (non-hydrogen) atoms. The monoisotopic (exact) mass is 241 g/mol. The van der Waals surface area contributed by atoms with Crippen molar-refractivity contribution in [1.82, 2.24) is 15.5 Å². The smallest absolute Gasteiger partial charge is 0.237 e. The van der Waals surface area contributed by atoms with Crippen LogP contribution in [0.3, 0.4) is 0 Å². The van der Waals surface area contributed by atoms with E-state index < -0.39 is 0 Å². The Bertz CT molecular complexity index is 281. The lowest BCUT2D eigenvalue weighted by Gasteiger charge is -2.49. The summed E-state index contributed by atoms with van der Waals surface area (Å²) in [5, 5.41) is 6.23. The molecule has 0 bridgehead atoms. The van der Waals surface area contributed by atoms with Crippen molar-refractivity contribution < 1.29 is 4.79 Å². The largest absolute Gasteiger partial charge is 0.349 e. The summed E-state index contributed by atoms with van der Waals surface area (Å²) in [6, 6.07) is -0.0181. The van der Waals surface area contributed by atoms with Crippen LogP contribution < -0.4 is 10.6 Å². The van der Waals surface area contributed by atoms with Gasteiger partial charge < -0.3 is 10.6 Å². The SMILES string of the molecule is CNCCC1C(=O)NC(C)(C)CN1C(C)(C)C. The highest BCUT2D eigenvalue weighted by Crippen LogP contribution is 2.26. The highest BCUT2D eigenvalue weighted by molar-refractivity contribution is 5.83. The summed E-state index contributed by atoms with van der Waals surface area (Å²) in [5.41, 5.74) is -0.117. The first-order valence-corrected chi connectivity index (χ1v) is 6.41. The van der Waals surface area contributed by atoms with Crippen molar-refractivity contribution in [3.05, 3.63) is 0 Å². The van der Waals surface area contributed by atoms with Crippen molar-refractivity contribution in [2.75, 3.05) is 20.1 Å². The lowest BCUT2D eigenvalue weighted by atomic mass is 9.91. The number of carbonyl (C=O) groups excluding carboxylic acids is 1. The lowest BCUT2D eigenvalue weighted by Crippen LogP contribution is -2.68. The van der Waals surface area contributed by atoms with E-state index in [-0.39, 0.29) is 23.0 Å². The van der Waals surface area contributed by atoms with Crippen LogP contribution in [0, 0.1) is 0 Å². The molecule has 0 aromatic heterocycles. The summed E-state index contributed by atoms with van der Waals surface area (Å²) >= 11 is 0. The Morgan fingerprint density at radius 3 is 2.53 bits per heavy atom. The van der Waals surface area contributed by atoms with Gasteiger partial charge in [0.15, 0.2) is 0 Å². The number of piperazine rings is 1. The molecule has 2 N–H and O–H groups in total. The summed E-state index contributed by atoms with van der Waals surface area (Å²) in [6.07, 6.45) is 0.857. The van der Waals surface area contributed by atoms with E-state index >= 15 is 0 Å². The van der Waals surface area contributed by atoms with E-state index in [4.69, 9.17) is 0 Å². The summed E-state index contributed by atoms with van der Waals surface area (Å²) in [6.45, 7) is 12.5. The Balaban J connectivity index is 2.87. The maximum atomic E-state index is 12.2. The molecule has 4 nitrogen and oxygen atoms in total. The van der Waals surface area contributed by atoms with Gasteiger partial charge in [-0.05, 0) is 54.6 Å².